The van der Waals surface area contributed by atoms with Gasteiger partial charge in [-0.1, -0.05) is 35.4 Å². The smallest absolute Gasteiger partial charge is 0.305 e. The van der Waals surface area contributed by atoms with Crippen LogP contribution in [-0.2, 0) is 9.53 Å². The molecule has 0 saturated heterocycles. The molecule has 8 heteroatoms. The number of allylic oxidation sites excluding steroid dienone is 2. The molecule has 0 amide bonds. The fraction of sp³-hybridized carbons (Fsp3) is 0.571. The van der Waals surface area contributed by atoms with Crippen molar-refractivity contribution in [2.24, 2.45) is 11.8 Å². The Labute approximate surface area is 187 Å². The number of rotatable bonds is 11. The molecule has 1 aliphatic rings. The molecule has 0 aliphatic heterocycles. The molecule has 1 fully saturated rings. The quantitative estimate of drug-likeness (QED) is 0.192. The van der Waals surface area contributed by atoms with Crippen molar-refractivity contribution in [3.8, 4) is 0 Å². The molecule has 5 nitrogen and oxygen atoms in total. The molecule has 29 heavy (non-hydrogen) atoms. The van der Waals surface area contributed by atoms with Crippen LogP contribution in [-0.4, -0.2) is 47.4 Å². The van der Waals surface area contributed by atoms with Crippen LogP contribution in [0.15, 0.2) is 30.4 Å². The Morgan fingerprint density at radius 3 is 2.62 bits per heavy atom. The Morgan fingerprint density at radius 2 is 1.93 bits per heavy atom. The molecule has 0 bridgehead atoms. The standard InChI is InChI=1S/C21H28Cl3NO4/c22-14-9-15(23)11-16(10-14)25-13-18-17(19(24)12-20(18)27)5-3-1-2-4-6-21(28)29-8-7-26/h1,3,9-11,17-20,25-27H,2,4-8,12-13H2/b3-1+/t17-,18-,19-,20-/m1/s1. The predicted octanol–water partition coefficient (Wildman–Crippen LogP) is 4.66. The van der Waals surface area contributed by atoms with Gasteiger partial charge in [-0.3, -0.25) is 4.79 Å². The Hall–Kier alpha value is -0.980. The van der Waals surface area contributed by atoms with Crippen LogP contribution in [0.3, 0.4) is 0 Å². The zero-order valence-electron chi connectivity index (χ0n) is 16.2. The Bertz CT molecular complexity index is 666. The molecule has 1 aromatic rings. The molecular weight excluding hydrogens is 437 g/mol. The molecule has 162 valence electrons. The topological polar surface area (TPSA) is 78.8 Å². The first-order valence-corrected chi connectivity index (χ1v) is 11.0. The summed E-state index contributed by atoms with van der Waals surface area (Å²) in [4.78, 5) is 11.4. The van der Waals surface area contributed by atoms with Gasteiger partial charge in [-0.2, -0.15) is 0 Å². The number of esters is 1. The van der Waals surface area contributed by atoms with E-state index >= 15 is 0 Å². The summed E-state index contributed by atoms with van der Waals surface area (Å²) in [6.07, 6.45) is 6.77. The highest BCUT2D eigenvalue weighted by molar-refractivity contribution is 6.35. The molecule has 3 N–H and O–H groups in total. The summed E-state index contributed by atoms with van der Waals surface area (Å²) in [5.74, 6) is -0.118. The van der Waals surface area contributed by atoms with E-state index in [0.717, 1.165) is 18.5 Å². The zero-order chi connectivity index (χ0) is 21.2. The van der Waals surface area contributed by atoms with Gasteiger partial charge in [0.1, 0.15) is 6.61 Å². The average Bonchev–Trinajstić information content (AvgIpc) is 2.93. The van der Waals surface area contributed by atoms with Crippen LogP contribution < -0.4 is 5.32 Å². The number of nitrogens with one attached hydrogen (secondary N) is 1. The summed E-state index contributed by atoms with van der Waals surface area (Å²) in [5, 5.41) is 23.4. The molecule has 1 aromatic carbocycles. The molecule has 0 radical (unpaired) electrons. The van der Waals surface area contributed by atoms with E-state index in [0.29, 0.717) is 35.9 Å². The minimum atomic E-state index is -0.459. The van der Waals surface area contributed by atoms with E-state index in [9.17, 15) is 9.90 Å². The van der Waals surface area contributed by atoms with Crippen molar-refractivity contribution in [2.45, 2.75) is 43.6 Å². The first-order valence-electron chi connectivity index (χ1n) is 9.84. The molecular formula is C21H28Cl3NO4. The largest absolute Gasteiger partial charge is 0.463 e. The van der Waals surface area contributed by atoms with Crippen molar-refractivity contribution in [2.75, 3.05) is 25.1 Å². The molecule has 1 aliphatic carbocycles. The van der Waals surface area contributed by atoms with Gasteiger partial charge in [0.05, 0.1) is 12.7 Å². The van der Waals surface area contributed by atoms with Gasteiger partial charge in [0, 0.05) is 40.0 Å². The number of aliphatic hydroxyl groups excluding tert-OH is 2. The summed E-state index contributed by atoms with van der Waals surface area (Å²) in [6.45, 7) is 0.474. The Balaban J connectivity index is 1.79. The molecule has 0 aromatic heterocycles. The number of ether oxygens (including phenoxy) is 1. The highest BCUT2D eigenvalue weighted by Crippen LogP contribution is 2.39. The van der Waals surface area contributed by atoms with Gasteiger partial charge >= 0.3 is 5.97 Å². The predicted molar refractivity (Wildman–Crippen MR) is 118 cm³/mol. The molecule has 2 rings (SSSR count). The van der Waals surface area contributed by atoms with Crippen molar-refractivity contribution in [3.63, 3.8) is 0 Å². The van der Waals surface area contributed by atoms with E-state index in [1.165, 1.54) is 0 Å². The maximum absolute atomic E-state index is 11.4. The van der Waals surface area contributed by atoms with Crippen molar-refractivity contribution < 1.29 is 19.7 Å². The van der Waals surface area contributed by atoms with E-state index in [1.807, 2.05) is 6.08 Å². The number of aliphatic hydroxyl groups is 2. The molecule has 4 atom stereocenters. The minimum absolute atomic E-state index is 0.0216. The fourth-order valence-corrected chi connectivity index (χ4v) is 4.60. The minimum Gasteiger partial charge on any atom is -0.463 e. The van der Waals surface area contributed by atoms with Gasteiger partial charge in [0.15, 0.2) is 0 Å². The number of unbranched alkanes of at least 4 members (excludes halogenated alkanes) is 1. The number of hydrogen-bond donors (Lipinski definition) is 3. The lowest BCUT2D eigenvalue weighted by Crippen LogP contribution is -2.28. The maximum Gasteiger partial charge on any atom is 0.305 e. The van der Waals surface area contributed by atoms with Gasteiger partial charge in [0.2, 0.25) is 0 Å². The summed E-state index contributed by atoms with van der Waals surface area (Å²) in [7, 11) is 0. The maximum atomic E-state index is 11.4. The summed E-state index contributed by atoms with van der Waals surface area (Å²) in [5.41, 5.74) is 0.815. The van der Waals surface area contributed by atoms with Gasteiger partial charge in [-0.15, -0.1) is 11.6 Å². The number of carbonyl (C=O) groups is 1. The lowest BCUT2D eigenvalue weighted by atomic mass is 9.91. The molecule has 1 saturated carbocycles. The van der Waals surface area contributed by atoms with Crippen LogP contribution in [0.5, 0.6) is 0 Å². The van der Waals surface area contributed by atoms with Crippen molar-refractivity contribution in [1.29, 1.82) is 0 Å². The third-order valence-corrected chi connectivity index (χ3v) is 6.00. The first-order chi connectivity index (χ1) is 13.9. The number of carbonyl (C=O) groups excluding carboxylic acids is 1. The lowest BCUT2D eigenvalue weighted by molar-refractivity contribution is -0.144. The second kappa shape index (κ2) is 12.7. The van der Waals surface area contributed by atoms with Crippen LogP contribution in [0.4, 0.5) is 5.69 Å². The van der Waals surface area contributed by atoms with E-state index < -0.39 is 6.10 Å². The normalized spacial score (nSPS) is 24.2. The number of hydrogen-bond acceptors (Lipinski definition) is 5. The van der Waals surface area contributed by atoms with E-state index in [-0.39, 0.29) is 36.4 Å². The second-order valence-corrected chi connectivity index (χ2v) is 8.66. The van der Waals surface area contributed by atoms with E-state index in [2.05, 4.69) is 11.4 Å². The first kappa shape index (κ1) is 24.3. The van der Waals surface area contributed by atoms with Crippen LogP contribution in [0.25, 0.3) is 0 Å². The van der Waals surface area contributed by atoms with E-state index in [4.69, 9.17) is 44.6 Å². The van der Waals surface area contributed by atoms with Crippen LogP contribution in [0, 0.1) is 11.8 Å². The van der Waals surface area contributed by atoms with Gasteiger partial charge in [-0.05, 0) is 49.8 Å². The number of benzene rings is 1. The summed E-state index contributed by atoms with van der Waals surface area (Å²) < 4.78 is 4.82. The van der Waals surface area contributed by atoms with Crippen molar-refractivity contribution in [1.82, 2.24) is 0 Å². The molecule has 0 spiro atoms. The average molecular weight is 465 g/mol. The summed E-state index contributed by atoms with van der Waals surface area (Å²) in [6, 6.07) is 5.27. The number of alkyl halides is 1. The molecule has 0 unspecified atom stereocenters. The van der Waals surface area contributed by atoms with Crippen LogP contribution >= 0.6 is 34.8 Å². The van der Waals surface area contributed by atoms with Gasteiger partial charge in [-0.25, -0.2) is 0 Å². The highest BCUT2D eigenvalue weighted by Gasteiger charge is 2.40. The SMILES string of the molecule is O=C(CCC/C=C/C[C@@H]1[C@@H](CNc2cc(Cl)cc(Cl)c2)[C@H](O)C[C@H]1Cl)OCCO. The Morgan fingerprint density at radius 1 is 1.21 bits per heavy atom. The van der Waals surface area contributed by atoms with Crippen LogP contribution in [0.2, 0.25) is 10.0 Å². The number of anilines is 1. The fourth-order valence-electron chi connectivity index (χ4n) is 3.60. The zero-order valence-corrected chi connectivity index (χ0v) is 18.5. The van der Waals surface area contributed by atoms with E-state index in [1.54, 1.807) is 18.2 Å². The van der Waals surface area contributed by atoms with Crippen molar-refractivity contribution in [3.05, 3.63) is 40.4 Å². The number of halogens is 3. The van der Waals surface area contributed by atoms with Crippen LogP contribution in [0.1, 0.15) is 32.1 Å². The molecule has 0 heterocycles. The Kier molecular flexibility index (Phi) is 10.6. The lowest BCUT2D eigenvalue weighted by Gasteiger charge is -2.23. The monoisotopic (exact) mass is 463 g/mol. The third-order valence-electron chi connectivity index (χ3n) is 5.06. The third kappa shape index (κ3) is 8.35. The summed E-state index contributed by atoms with van der Waals surface area (Å²) >= 11 is 18.6. The van der Waals surface area contributed by atoms with Gasteiger partial charge < -0.3 is 20.3 Å². The van der Waals surface area contributed by atoms with Crippen molar-refractivity contribution >= 4 is 46.5 Å². The highest BCUT2D eigenvalue weighted by atomic mass is 35.5. The second-order valence-electron chi connectivity index (χ2n) is 7.23. The van der Waals surface area contributed by atoms with Gasteiger partial charge in [0.25, 0.3) is 0 Å².